The number of amides is 1. The minimum Gasteiger partial charge on any atom is -0.394 e. The molecule has 0 saturated carbocycles. The molecule has 0 bridgehead atoms. The number of aryl methyl sites for hydroxylation is 3. The zero-order valence-corrected chi connectivity index (χ0v) is 13.7. The molecule has 0 spiro atoms. The van der Waals surface area contributed by atoms with Gasteiger partial charge in [0, 0.05) is 0 Å². The Morgan fingerprint density at radius 2 is 1.65 bits per heavy atom. The third-order valence-electron chi connectivity index (χ3n) is 3.95. The van der Waals surface area contributed by atoms with E-state index in [4.69, 9.17) is 0 Å². The predicted octanol–water partition coefficient (Wildman–Crippen LogP) is 2.50. The van der Waals surface area contributed by atoms with E-state index in [9.17, 15) is 15.0 Å². The largest absolute Gasteiger partial charge is 0.394 e. The van der Waals surface area contributed by atoms with Crippen molar-refractivity contribution in [2.45, 2.75) is 32.9 Å². The Bertz CT molecular complexity index is 659. The lowest BCUT2D eigenvalue weighted by Gasteiger charge is -2.23. The summed E-state index contributed by atoms with van der Waals surface area (Å²) in [6.07, 6.45) is -1.25. The molecule has 122 valence electrons. The smallest absolute Gasteiger partial charge is 0.254 e. The summed E-state index contributed by atoms with van der Waals surface area (Å²) in [4.78, 5) is 12.3. The quantitative estimate of drug-likeness (QED) is 0.794. The van der Waals surface area contributed by atoms with E-state index in [0.717, 1.165) is 22.3 Å². The molecule has 0 fully saturated rings. The third kappa shape index (κ3) is 3.97. The van der Waals surface area contributed by atoms with Crippen molar-refractivity contribution in [1.82, 2.24) is 5.32 Å². The van der Waals surface area contributed by atoms with Crippen LogP contribution in [0.15, 0.2) is 42.5 Å². The summed E-state index contributed by atoms with van der Waals surface area (Å²) in [7, 11) is 0. The first-order valence-corrected chi connectivity index (χ1v) is 7.66. The maximum atomic E-state index is 12.3. The van der Waals surface area contributed by atoms with Gasteiger partial charge < -0.3 is 15.5 Å². The molecule has 0 aliphatic heterocycles. The van der Waals surface area contributed by atoms with Crippen LogP contribution in [0.5, 0.6) is 0 Å². The average Bonchev–Trinajstić information content (AvgIpc) is 2.52. The molecule has 0 unspecified atom stereocenters. The molecule has 3 N–H and O–H groups in total. The molecule has 23 heavy (non-hydrogen) atoms. The lowest BCUT2D eigenvalue weighted by Crippen LogP contribution is -2.35. The van der Waals surface area contributed by atoms with Gasteiger partial charge >= 0.3 is 0 Å². The van der Waals surface area contributed by atoms with Gasteiger partial charge in [0.1, 0.15) is 0 Å². The fourth-order valence-corrected chi connectivity index (χ4v) is 2.99. The lowest BCUT2D eigenvalue weighted by molar-refractivity contribution is -0.130. The van der Waals surface area contributed by atoms with E-state index >= 15 is 0 Å². The van der Waals surface area contributed by atoms with Crippen LogP contribution in [0.4, 0.5) is 0 Å². The van der Waals surface area contributed by atoms with Crippen molar-refractivity contribution in [3.05, 3.63) is 70.3 Å². The van der Waals surface area contributed by atoms with Gasteiger partial charge in [-0.25, -0.2) is 0 Å². The summed E-state index contributed by atoms with van der Waals surface area (Å²) in [6, 6.07) is 12.2. The van der Waals surface area contributed by atoms with Crippen molar-refractivity contribution in [3.8, 4) is 0 Å². The van der Waals surface area contributed by atoms with Crippen LogP contribution < -0.4 is 5.32 Å². The van der Waals surface area contributed by atoms with E-state index in [1.807, 2.05) is 39.0 Å². The number of nitrogens with one attached hydrogen (secondary N) is 1. The van der Waals surface area contributed by atoms with E-state index < -0.39 is 18.1 Å². The van der Waals surface area contributed by atoms with Crippen LogP contribution >= 0.6 is 0 Å². The first-order chi connectivity index (χ1) is 10.9. The molecule has 2 aromatic carbocycles. The van der Waals surface area contributed by atoms with Crippen LogP contribution in [0, 0.1) is 20.8 Å². The monoisotopic (exact) mass is 313 g/mol. The van der Waals surface area contributed by atoms with Gasteiger partial charge in [-0.15, -0.1) is 0 Å². The normalized spacial score (nSPS) is 13.4. The van der Waals surface area contributed by atoms with Gasteiger partial charge in [-0.05, 0) is 43.0 Å². The number of carbonyl (C=O) groups excluding carboxylic acids is 1. The van der Waals surface area contributed by atoms with Crippen molar-refractivity contribution in [1.29, 1.82) is 0 Å². The van der Waals surface area contributed by atoms with E-state index in [1.54, 1.807) is 24.3 Å². The second-order valence-corrected chi connectivity index (χ2v) is 5.87. The van der Waals surface area contributed by atoms with E-state index in [0.29, 0.717) is 5.56 Å². The number of aliphatic hydroxyl groups excluding tert-OH is 2. The molecule has 0 saturated heterocycles. The maximum Gasteiger partial charge on any atom is 0.254 e. The first kappa shape index (κ1) is 17.2. The molecule has 2 rings (SSSR count). The topological polar surface area (TPSA) is 69.6 Å². The van der Waals surface area contributed by atoms with E-state index in [2.05, 4.69) is 5.32 Å². The molecule has 4 heteroatoms. The zero-order valence-electron chi connectivity index (χ0n) is 13.7. The minimum atomic E-state index is -1.25. The van der Waals surface area contributed by atoms with Gasteiger partial charge in [0.2, 0.25) is 0 Å². The molecule has 0 aliphatic rings. The Hall–Kier alpha value is -2.17. The molecule has 2 aromatic rings. The summed E-state index contributed by atoms with van der Waals surface area (Å²) in [5.41, 5.74) is 4.58. The van der Waals surface area contributed by atoms with Crippen LogP contribution in [-0.4, -0.2) is 22.7 Å². The highest BCUT2D eigenvalue weighted by atomic mass is 16.3. The summed E-state index contributed by atoms with van der Waals surface area (Å²) in [5, 5.41) is 22.6. The fraction of sp³-hybridized carbons (Fsp3) is 0.316. The molecule has 1 amide bonds. The molecular weight excluding hydrogens is 290 g/mol. The number of aliphatic hydroxyl groups is 2. The Morgan fingerprint density at radius 3 is 2.17 bits per heavy atom. The van der Waals surface area contributed by atoms with E-state index in [1.165, 1.54) is 0 Å². The van der Waals surface area contributed by atoms with Crippen LogP contribution in [0.25, 0.3) is 0 Å². The van der Waals surface area contributed by atoms with Gasteiger partial charge in [-0.1, -0.05) is 48.0 Å². The number of benzene rings is 2. The van der Waals surface area contributed by atoms with Crippen LogP contribution in [-0.2, 0) is 4.79 Å². The second kappa shape index (κ2) is 7.40. The summed E-state index contributed by atoms with van der Waals surface area (Å²) < 4.78 is 0. The second-order valence-electron chi connectivity index (χ2n) is 5.87. The van der Waals surface area contributed by atoms with Crippen LogP contribution in [0.2, 0.25) is 0 Å². The van der Waals surface area contributed by atoms with Crippen LogP contribution in [0.1, 0.15) is 40.0 Å². The lowest BCUT2D eigenvalue weighted by atomic mass is 9.94. The highest BCUT2D eigenvalue weighted by Gasteiger charge is 2.23. The van der Waals surface area contributed by atoms with Crippen LogP contribution in [0.3, 0.4) is 0 Å². The Labute approximate surface area is 136 Å². The van der Waals surface area contributed by atoms with Gasteiger partial charge in [-0.3, -0.25) is 4.79 Å². The highest BCUT2D eigenvalue weighted by Crippen LogP contribution is 2.24. The summed E-state index contributed by atoms with van der Waals surface area (Å²) >= 11 is 0. The van der Waals surface area contributed by atoms with Crippen molar-refractivity contribution >= 4 is 5.91 Å². The maximum absolute atomic E-state index is 12.3. The third-order valence-corrected chi connectivity index (χ3v) is 3.95. The summed E-state index contributed by atoms with van der Waals surface area (Å²) in [5.74, 6) is -0.519. The zero-order chi connectivity index (χ0) is 17.0. The van der Waals surface area contributed by atoms with Gasteiger partial charge in [0.05, 0.1) is 12.6 Å². The predicted molar refractivity (Wildman–Crippen MR) is 90.0 cm³/mol. The minimum absolute atomic E-state index is 0.224. The molecular formula is C19H23NO3. The van der Waals surface area contributed by atoms with Gasteiger partial charge in [0.25, 0.3) is 5.91 Å². The molecule has 0 radical (unpaired) electrons. The number of hydrogen-bond donors (Lipinski definition) is 3. The number of carbonyl (C=O) groups is 1. The Balaban J connectivity index is 2.21. The summed E-state index contributed by atoms with van der Waals surface area (Å²) in [6.45, 7) is 5.70. The van der Waals surface area contributed by atoms with Crippen molar-refractivity contribution < 1.29 is 15.0 Å². The molecule has 0 heterocycles. The molecule has 0 aromatic heterocycles. The Kier molecular flexibility index (Phi) is 5.53. The highest BCUT2D eigenvalue weighted by molar-refractivity contribution is 5.82. The standard InChI is InChI=1S/C19H23NO3/c1-12-9-13(2)17(14(3)10-12)16(11-21)20-19(23)18(22)15-7-5-4-6-8-15/h4-10,16,18,21-22H,11H2,1-3H3,(H,20,23)/t16-,18+/m1/s1. The van der Waals surface area contributed by atoms with Gasteiger partial charge in [0.15, 0.2) is 6.10 Å². The molecule has 0 aliphatic carbocycles. The van der Waals surface area contributed by atoms with E-state index in [-0.39, 0.29) is 6.61 Å². The fourth-order valence-electron chi connectivity index (χ4n) is 2.99. The van der Waals surface area contributed by atoms with Crippen molar-refractivity contribution in [2.24, 2.45) is 0 Å². The SMILES string of the molecule is Cc1cc(C)c([C@@H](CO)NC(=O)[C@@H](O)c2ccccc2)c(C)c1. The molecule has 2 atom stereocenters. The average molecular weight is 313 g/mol. The van der Waals surface area contributed by atoms with Gasteiger partial charge in [-0.2, -0.15) is 0 Å². The van der Waals surface area contributed by atoms with Crippen molar-refractivity contribution in [3.63, 3.8) is 0 Å². The first-order valence-electron chi connectivity index (χ1n) is 7.66. The van der Waals surface area contributed by atoms with Crippen molar-refractivity contribution in [2.75, 3.05) is 6.61 Å². The number of hydrogen-bond acceptors (Lipinski definition) is 3. The number of rotatable bonds is 5. The molecule has 4 nitrogen and oxygen atoms in total. The Morgan fingerprint density at radius 1 is 1.09 bits per heavy atom.